The molecule has 0 bridgehead atoms. The first-order chi connectivity index (χ1) is 15.8. The average molecular weight is 529 g/mol. The number of nitrogens with one attached hydrogen (secondary N) is 1. The molecule has 3 aromatic carbocycles. The van der Waals surface area contributed by atoms with E-state index >= 15 is 0 Å². The Morgan fingerprint density at radius 3 is 2.42 bits per heavy atom. The fourth-order valence-electron chi connectivity index (χ4n) is 2.55. The van der Waals surface area contributed by atoms with E-state index in [1.807, 2.05) is 0 Å². The van der Waals surface area contributed by atoms with E-state index in [9.17, 15) is 19.7 Å². The van der Waals surface area contributed by atoms with Gasteiger partial charge >= 0.3 is 5.97 Å². The lowest BCUT2D eigenvalue weighted by Gasteiger charge is -2.06. The zero-order valence-electron chi connectivity index (χ0n) is 16.8. The van der Waals surface area contributed by atoms with Gasteiger partial charge < -0.3 is 4.74 Å². The largest absolute Gasteiger partial charge is 0.423 e. The maximum absolute atomic E-state index is 12.2. The van der Waals surface area contributed by atoms with Gasteiger partial charge in [-0.3, -0.25) is 14.9 Å². The number of rotatable bonds is 7. The summed E-state index contributed by atoms with van der Waals surface area (Å²) in [6.45, 7) is 0. The normalized spacial score (nSPS) is 11.0. The number of hydrazone groups is 1. The number of amides is 1. The van der Waals surface area contributed by atoms with Crippen molar-refractivity contribution in [3.8, 4) is 5.75 Å². The molecule has 0 atom stereocenters. The van der Waals surface area contributed by atoms with Gasteiger partial charge in [0.15, 0.2) is 0 Å². The van der Waals surface area contributed by atoms with Crippen LogP contribution in [0.4, 0.5) is 5.69 Å². The van der Waals surface area contributed by atoms with Crippen LogP contribution in [0.25, 0.3) is 6.08 Å². The van der Waals surface area contributed by atoms with E-state index in [2.05, 4.69) is 26.5 Å². The van der Waals surface area contributed by atoms with Gasteiger partial charge in [-0.15, -0.1) is 0 Å². The van der Waals surface area contributed by atoms with Crippen molar-refractivity contribution in [2.45, 2.75) is 0 Å². The second-order valence-electron chi connectivity index (χ2n) is 6.49. The zero-order valence-corrected chi connectivity index (χ0v) is 19.1. The third-order valence-corrected chi connectivity index (χ3v) is 4.94. The van der Waals surface area contributed by atoms with Crippen LogP contribution in [0, 0.1) is 10.1 Å². The van der Waals surface area contributed by atoms with Crippen LogP contribution in [0.3, 0.4) is 0 Å². The molecule has 8 nitrogen and oxygen atoms in total. The summed E-state index contributed by atoms with van der Waals surface area (Å²) in [6, 6.07) is 17.0. The van der Waals surface area contributed by atoms with E-state index in [1.165, 1.54) is 54.8 Å². The standard InChI is InChI=1S/C23H15BrClN3O5/c24-18-6-4-16(5-7-18)23(30)27-26-14-17-13-19(25)8-11-21(17)33-22(29)12-3-15-1-9-20(10-2-15)28(31)32/h1-14H,(H,27,30)/b12-3+,26-14+. The number of benzene rings is 3. The third kappa shape index (κ3) is 7.09. The molecule has 1 amide bonds. The van der Waals surface area contributed by atoms with Crippen molar-refractivity contribution < 1.29 is 19.2 Å². The molecule has 0 spiro atoms. The Balaban J connectivity index is 1.66. The quantitative estimate of drug-likeness (QED) is 0.110. The lowest BCUT2D eigenvalue weighted by atomic mass is 10.2. The Labute approximate surface area is 201 Å². The van der Waals surface area contributed by atoms with Gasteiger partial charge in [-0.25, -0.2) is 10.2 Å². The summed E-state index contributed by atoms with van der Waals surface area (Å²) in [7, 11) is 0. The summed E-state index contributed by atoms with van der Waals surface area (Å²) >= 11 is 9.33. The van der Waals surface area contributed by atoms with Gasteiger partial charge in [0.1, 0.15) is 5.75 Å². The van der Waals surface area contributed by atoms with Gasteiger partial charge in [0.05, 0.1) is 11.1 Å². The number of nitro groups is 1. The average Bonchev–Trinajstić information content (AvgIpc) is 2.80. The molecule has 0 aliphatic heterocycles. The molecule has 0 aliphatic carbocycles. The van der Waals surface area contributed by atoms with E-state index in [0.29, 0.717) is 21.7 Å². The number of hydrogen-bond donors (Lipinski definition) is 1. The van der Waals surface area contributed by atoms with Crippen molar-refractivity contribution in [1.82, 2.24) is 5.43 Å². The van der Waals surface area contributed by atoms with Crippen molar-refractivity contribution >= 4 is 57.4 Å². The molecule has 10 heteroatoms. The highest BCUT2D eigenvalue weighted by molar-refractivity contribution is 9.10. The number of esters is 1. The molecule has 3 aromatic rings. The molecule has 0 heterocycles. The number of nitro benzene ring substituents is 1. The third-order valence-electron chi connectivity index (χ3n) is 4.17. The molecule has 166 valence electrons. The molecule has 0 fully saturated rings. The van der Waals surface area contributed by atoms with Crippen LogP contribution in [-0.4, -0.2) is 23.0 Å². The maximum atomic E-state index is 12.2. The van der Waals surface area contributed by atoms with E-state index in [1.54, 1.807) is 30.3 Å². The lowest BCUT2D eigenvalue weighted by molar-refractivity contribution is -0.384. The summed E-state index contributed by atoms with van der Waals surface area (Å²) in [4.78, 5) is 34.6. The fourth-order valence-corrected chi connectivity index (χ4v) is 3.00. The number of ether oxygens (including phenoxy) is 1. The smallest absolute Gasteiger partial charge is 0.336 e. The van der Waals surface area contributed by atoms with Gasteiger partial charge in [-0.2, -0.15) is 5.10 Å². The summed E-state index contributed by atoms with van der Waals surface area (Å²) in [5.41, 5.74) is 3.73. The molecule has 0 aromatic heterocycles. The summed E-state index contributed by atoms with van der Waals surface area (Å²) in [5, 5.41) is 15.0. The Morgan fingerprint density at radius 1 is 1.06 bits per heavy atom. The second-order valence-corrected chi connectivity index (χ2v) is 7.84. The van der Waals surface area contributed by atoms with Crippen LogP contribution in [0.1, 0.15) is 21.5 Å². The molecular formula is C23H15BrClN3O5. The fraction of sp³-hybridized carbons (Fsp3) is 0. The topological polar surface area (TPSA) is 111 Å². The van der Waals surface area contributed by atoms with E-state index < -0.39 is 16.8 Å². The number of carbonyl (C=O) groups is 2. The van der Waals surface area contributed by atoms with Crippen LogP contribution in [0.5, 0.6) is 5.75 Å². The first kappa shape index (κ1) is 23.8. The minimum Gasteiger partial charge on any atom is -0.423 e. The van der Waals surface area contributed by atoms with Crippen LogP contribution >= 0.6 is 27.5 Å². The zero-order chi connectivity index (χ0) is 23.8. The van der Waals surface area contributed by atoms with Gasteiger partial charge in [0.2, 0.25) is 0 Å². The van der Waals surface area contributed by atoms with Crippen molar-refractivity contribution in [3.05, 3.63) is 109 Å². The van der Waals surface area contributed by atoms with E-state index in [0.717, 1.165) is 4.47 Å². The number of halogens is 2. The number of non-ortho nitro benzene ring substituents is 1. The molecule has 3 rings (SSSR count). The van der Waals surface area contributed by atoms with E-state index in [-0.39, 0.29) is 11.4 Å². The number of hydrogen-bond acceptors (Lipinski definition) is 6. The van der Waals surface area contributed by atoms with Crippen molar-refractivity contribution in [3.63, 3.8) is 0 Å². The number of nitrogens with zero attached hydrogens (tertiary/aromatic N) is 2. The first-order valence-corrected chi connectivity index (χ1v) is 10.5. The Bertz CT molecular complexity index is 1240. The van der Waals surface area contributed by atoms with Gasteiger partial charge in [0.25, 0.3) is 11.6 Å². The molecule has 33 heavy (non-hydrogen) atoms. The maximum Gasteiger partial charge on any atom is 0.336 e. The lowest BCUT2D eigenvalue weighted by Crippen LogP contribution is -2.17. The van der Waals surface area contributed by atoms with Crippen LogP contribution in [-0.2, 0) is 4.79 Å². The molecule has 0 saturated heterocycles. The number of carbonyl (C=O) groups excluding carboxylic acids is 2. The van der Waals surface area contributed by atoms with Crippen LogP contribution < -0.4 is 10.2 Å². The predicted octanol–water partition coefficient (Wildman–Crippen LogP) is 5.39. The van der Waals surface area contributed by atoms with Gasteiger partial charge in [0, 0.05) is 38.8 Å². The Hall–Kier alpha value is -3.82. The summed E-state index contributed by atoms with van der Waals surface area (Å²) in [6.07, 6.45) is 3.96. The predicted molar refractivity (Wildman–Crippen MR) is 128 cm³/mol. The van der Waals surface area contributed by atoms with Crippen LogP contribution in [0.15, 0.2) is 82.4 Å². The van der Waals surface area contributed by atoms with Gasteiger partial charge in [-0.05, 0) is 66.2 Å². The Kier molecular flexibility index (Phi) is 8.06. The molecule has 0 aliphatic rings. The highest BCUT2D eigenvalue weighted by Crippen LogP contribution is 2.22. The van der Waals surface area contributed by atoms with Crippen molar-refractivity contribution in [2.24, 2.45) is 5.10 Å². The highest BCUT2D eigenvalue weighted by atomic mass is 79.9. The van der Waals surface area contributed by atoms with Crippen molar-refractivity contribution in [1.29, 1.82) is 0 Å². The SMILES string of the molecule is O=C(/C=C/c1ccc([N+](=O)[O-])cc1)Oc1ccc(Cl)cc1/C=N/NC(=O)c1ccc(Br)cc1. The highest BCUT2D eigenvalue weighted by Gasteiger charge is 2.09. The van der Waals surface area contributed by atoms with Crippen LogP contribution in [0.2, 0.25) is 5.02 Å². The molecule has 1 N–H and O–H groups in total. The van der Waals surface area contributed by atoms with Crippen molar-refractivity contribution in [2.75, 3.05) is 0 Å². The molecule has 0 saturated carbocycles. The first-order valence-electron chi connectivity index (χ1n) is 9.35. The summed E-state index contributed by atoms with van der Waals surface area (Å²) in [5.74, 6) is -0.908. The van der Waals surface area contributed by atoms with E-state index in [4.69, 9.17) is 16.3 Å². The monoisotopic (exact) mass is 527 g/mol. The molecule has 0 unspecified atom stereocenters. The molecular weight excluding hydrogens is 514 g/mol. The minimum atomic E-state index is -0.677. The Morgan fingerprint density at radius 2 is 1.76 bits per heavy atom. The molecule has 0 radical (unpaired) electrons. The second kappa shape index (κ2) is 11.2. The minimum absolute atomic E-state index is 0.0490. The van der Waals surface area contributed by atoms with Gasteiger partial charge in [-0.1, -0.05) is 27.5 Å². The summed E-state index contributed by atoms with van der Waals surface area (Å²) < 4.78 is 6.18.